The van der Waals surface area contributed by atoms with Crippen molar-refractivity contribution >= 4 is 0 Å². The molecule has 1 aromatic rings. The molecule has 0 spiro atoms. The molecular weight excluding hydrogens is 276 g/mol. The zero-order valence-corrected chi connectivity index (χ0v) is 14.2. The standard InChI is InChI=1S/C17H32N4O/c1-3-5-6-15(4-2)13-20-10-7-17(8-11-20)21-14-16(9-12-22)18-19-21/h14-15,17,22H,3-13H2,1-2H3. The Morgan fingerprint density at radius 3 is 2.73 bits per heavy atom. The maximum atomic E-state index is 8.96. The third-order valence-electron chi connectivity index (χ3n) is 4.92. The van der Waals surface area contributed by atoms with Crippen molar-refractivity contribution in [3.63, 3.8) is 0 Å². The first-order chi connectivity index (χ1) is 10.8. The summed E-state index contributed by atoms with van der Waals surface area (Å²) in [7, 11) is 0. The van der Waals surface area contributed by atoms with Crippen molar-refractivity contribution in [3.05, 3.63) is 11.9 Å². The fourth-order valence-corrected chi connectivity index (χ4v) is 3.37. The van der Waals surface area contributed by atoms with Crippen LogP contribution < -0.4 is 0 Å². The van der Waals surface area contributed by atoms with E-state index in [0.29, 0.717) is 12.5 Å². The molecule has 1 N–H and O–H groups in total. The second-order valence-corrected chi connectivity index (χ2v) is 6.61. The summed E-state index contributed by atoms with van der Waals surface area (Å²) >= 11 is 0. The Morgan fingerprint density at radius 2 is 2.09 bits per heavy atom. The van der Waals surface area contributed by atoms with E-state index in [1.807, 2.05) is 10.9 Å². The van der Waals surface area contributed by atoms with Gasteiger partial charge in [-0.05, 0) is 25.2 Å². The Kier molecular flexibility index (Phi) is 7.33. The molecule has 2 rings (SSSR count). The molecular formula is C17H32N4O. The molecule has 126 valence electrons. The van der Waals surface area contributed by atoms with Gasteiger partial charge in [-0.2, -0.15) is 0 Å². The zero-order chi connectivity index (χ0) is 15.8. The van der Waals surface area contributed by atoms with Crippen molar-refractivity contribution in [2.75, 3.05) is 26.2 Å². The number of aliphatic hydroxyl groups excluding tert-OH is 1. The third-order valence-corrected chi connectivity index (χ3v) is 4.92. The van der Waals surface area contributed by atoms with E-state index in [4.69, 9.17) is 5.11 Å². The molecule has 1 saturated heterocycles. The Hall–Kier alpha value is -0.940. The number of unbranched alkanes of at least 4 members (excludes halogenated alkanes) is 1. The van der Waals surface area contributed by atoms with Crippen molar-refractivity contribution in [2.45, 2.75) is 64.8 Å². The average molecular weight is 308 g/mol. The van der Waals surface area contributed by atoms with Crippen LogP contribution >= 0.6 is 0 Å². The molecule has 1 aliphatic rings. The van der Waals surface area contributed by atoms with Crippen molar-refractivity contribution in [1.29, 1.82) is 0 Å². The maximum Gasteiger partial charge on any atom is 0.0850 e. The molecule has 2 heterocycles. The molecule has 5 heteroatoms. The molecule has 0 bridgehead atoms. The maximum absolute atomic E-state index is 8.96. The van der Waals surface area contributed by atoms with Gasteiger partial charge in [0.05, 0.1) is 11.7 Å². The van der Waals surface area contributed by atoms with Gasteiger partial charge in [-0.1, -0.05) is 38.3 Å². The predicted octanol–water partition coefficient (Wildman–Crippen LogP) is 2.67. The minimum Gasteiger partial charge on any atom is -0.396 e. The number of likely N-dealkylation sites (tertiary alicyclic amines) is 1. The van der Waals surface area contributed by atoms with E-state index in [-0.39, 0.29) is 6.61 Å². The predicted molar refractivity (Wildman–Crippen MR) is 88.8 cm³/mol. The number of aromatic nitrogens is 3. The molecule has 0 aliphatic carbocycles. The van der Waals surface area contributed by atoms with Gasteiger partial charge in [-0.3, -0.25) is 0 Å². The molecule has 0 saturated carbocycles. The molecule has 1 fully saturated rings. The number of hydrogen-bond donors (Lipinski definition) is 1. The van der Waals surface area contributed by atoms with Gasteiger partial charge in [-0.25, -0.2) is 4.68 Å². The van der Waals surface area contributed by atoms with Crippen LogP contribution in [0.5, 0.6) is 0 Å². The van der Waals surface area contributed by atoms with E-state index in [1.54, 1.807) is 0 Å². The fraction of sp³-hybridized carbons (Fsp3) is 0.882. The Labute approximate surface area is 134 Å². The van der Waals surface area contributed by atoms with E-state index in [0.717, 1.165) is 24.5 Å². The van der Waals surface area contributed by atoms with E-state index >= 15 is 0 Å². The van der Waals surface area contributed by atoms with Gasteiger partial charge in [0.2, 0.25) is 0 Å². The van der Waals surface area contributed by atoms with Gasteiger partial charge in [0.1, 0.15) is 0 Å². The number of aliphatic hydroxyl groups is 1. The summed E-state index contributed by atoms with van der Waals surface area (Å²) in [6.07, 6.45) is 10.3. The first kappa shape index (κ1) is 17.4. The molecule has 22 heavy (non-hydrogen) atoms. The van der Waals surface area contributed by atoms with E-state index in [9.17, 15) is 0 Å². The number of rotatable bonds is 9. The summed E-state index contributed by atoms with van der Waals surface area (Å²) in [6, 6.07) is 0.479. The monoisotopic (exact) mass is 308 g/mol. The highest BCUT2D eigenvalue weighted by Gasteiger charge is 2.23. The summed E-state index contributed by atoms with van der Waals surface area (Å²) in [5, 5.41) is 17.3. The third kappa shape index (κ3) is 5.06. The van der Waals surface area contributed by atoms with E-state index in [2.05, 4.69) is 29.1 Å². The first-order valence-corrected chi connectivity index (χ1v) is 9.00. The van der Waals surface area contributed by atoms with Crippen LogP contribution in [0.3, 0.4) is 0 Å². The van der Waals surface area contributed by atoms with Crippen LogP contribution in [-0.2, 0) is 6.42 Å². The summed E-state index contributed by atoms with van der Waals surface area (Å²) in [5.41, 5.74) is 0.899. The smallest absolute Gasteiger partial charge is 0.0850 e. The molecule has 0 aromatic carbocycles. The highest BCUT2D eigenvalue weighted by atomic mass is 16.3. The summed E-state index contributed by atoms with van der Waals surface area (Å²) < 4.78 is 2.01. The molecule has 1 aliphatic heterocycles. The Morgan fingerprint density at radius 1 is 1.32 bits per heavy atom. The van der Waals surface area contributed by atoms with Gasteiger partial charge in [0, 0.05) is 38.9 Å². The first-order valence-electron chi connectivity index (χ1n) is 9.00. The molecule has 0 radical (unpaired) electrons. The van der Waals surface area contributed by atoms with Crippen LogP contribution in [0.1, 0.15) is 64.1 Å². The minimum absolute atomic E-state index is 0.146. The highest BCUT2D eigenvalue weighted by molar-refractivity contribution is 4.94. The lowest BCUT2D eigenvalue weighted by Crippen LogP contribution is -2.37. The number of piperidine rings is 1. The SMILES string of the molecule is CCCCC(CC)CN1CCC(n2cc(CCO)nn2)CC1. The molecule has 1 unspecified atom stereocenters. The minimum atomic E-state index is 0.146. The summed E-state index contributed by atoms with van der Waals surface area (Å²) in [6.45, 7) is 8.35. The largest absolute Gasteiger partial charge is 0.396 e. The zero-order valence-electron chi connectivity index (χ0n) is 14.2. The Balaban J connectivity index is 1.76. The van der Waals surface area contributed by atoms with Crippen molar-refractivity contribution in [2.24, 2.45) is 5.92 Å². The second kappa shape index (κ2) is 9.26. The normalized spacial score (nSPS) is 18.7. The molecule has 0 amide bonds. The molecule has 1 aromatic heterocycles. The second-order valence-electron chi connectivity index (χ2n) is 6.61. The van der Waals surface area contributed by atoms with Crippen LogP contribution in [-0.4, -0.2) is 51.2 Å². The van der Waals surface area contributed by atoms with Crippen molar-refractivity contribution < 1.29 is 5.11 Å². The Bertz CT molecular complexity index is 413. The van der Waals surface area contributed by atoms with Gasteiger partial charge >= 0.3 is 0 Å². The van der Waals surface area contributed by atoms with Crippen molar-refractivity contribution in [1.82, 2.24) is 19.9 Å². The lowest BCUT2D eigenvalue weighted by atomic mass is 9.97. The van der Waals surface area contributed by atoms with Crippen LogP contribution in [0.25, 0.3) is 0 Å². The van der Waals surface area contributed by atoms with Gasteiger partial charge < -0.3 is 10.0 Å². The van der Waals surface area contributed by atoms with Crippen molar-refractivity contribution in [3.8, 4) is 0 Å². The quantitative estimate of drug-likeness (QED) is 0.762. The van der Waals surface area contributed by atoms with Gasteiger partial charge in [0.25, 0.3) is 0 Å². The number of nitrogens with zero attached hydrogens (tertiary/aromatic N) is 4. The highest BCUT2D eigenvalue weighted by Crippen LogP contribution is 2.24. The lowest BCUT2D eigenvalue weighted by molar-refractivity contribution is 0.151. The number of hydrogen-bond acceptors (Lipinski definition) is 4. The molecule has 5 nitrogen and oxygen atoms in total. The van der Waals surface area contributed by atoms with Crippen LogP contribution in [0, 0.1) is 5.92 Å². The molecule has 1 atom stereocenters. The van der Waals surface area contributed by atoms with Crippen LogP contribution in [0.15, 0.2) is 6.20 Å². The van der Waals surface area contributed by atoms with Gasteiger partial charge in [0.15, 0.2) is 0 Å². The van der Waals surface area contributed by atoms with Gasteiger partial charge in [-0.15, -0.1) is 5.10 Å². The lowest BCUT2D eigenvalue weighted by Gasteiger charge is -2.34. The van der Waals surface area contributed by atoms with E-state index < -0.39 is 0 Å². The average Bonchev–Trinajstić information content (AvgIpc) is 3.01. The topological polar surface area (TPSA) is 54.2 Å². The summed E-state index contributed by atoms with van der Waals surface area (Å²) in [5.74, 6) is 0.860. The van der Waals surface area contributed by atoms with Crippen LogP contribution in [0.2, 0.25) is 0 Å². The fourth-order valence-electron chi connectivity index (χ4n) is 3.37. The van der Waals surface area contributed by atoms with E-state index in [1.165, 1.54) is 45.3 Å². The summed E-state index contributed by atoms with van der Waals surface area (Å²) in [4.78, 5) is 2.63. The van der Waals surface area contributed by atoms with Crippen LogP contribution in [0.4, 0.5) is 0 Å².